The van der Waals surface area contributed by atoms with Gasteiger partial charge in [0, 0.05) is 35.9 Å². The minimum absolute atomic E-state index is 0.0438. The molecule has 0 aliphatic carbocycles. The molecule has 0 saturated heterocycles. The summed E-state index contributed by atoms with van der Waals surface area (Å²) >= 11 is 0. The SMILES string of the molecule is CCOc1ccc(C(=O)CCC(=O)Nc2cccc(C(=O)NCc3ccccn3)c2)cc1. The van der Waals surface area contributed by atoms with Crippen LogP contribution in [0, 0.1) is 0 Å². The molecule has 0 bridgehead atoms. The van der Waals surface area contributed by atoms with Crippen molar-refractivity contribution < 1.29 is 19.1 Å². The summed E-state index contributed by atoms with van der Waals surface area (Å²) in [6.07, 6.45) is 1.80. The van der Waals surface area contributed by atoms with Crippen LogP contribution in [-0.4, -0.2) is 29.2 Å². The normalized spacial score (nSPS) is 10.3. The monoisotopic (exact) mass is 431 g/mol. The van der Waals surface area contributed by atoms with E-state index in [1.54, 1.807) is 54.7 Å². The van der Waals surface area contributed by atoms with Gasteiger partial charge in [0.25, 0.3) is 5.91 Å². The highest BCUT2D eigenvalue weighted by Crippen LogP contribution is 2.15. The first-order valence-electron chi connectivity index (χ1n) is 10.4. The van der Waals surface area contributed by atoms with Gasteiger partial charge in [-0.3, -0.25) is 19.4 Å². The second-order valence-corrected chi connectivity index (χ2v) is 7.01. The summed E-state index contributed by atoms with van der Waals surface area (Å²) in [5, 5.41) is 5.54. The molecule has 0 aliphatic heterocycles. The fourth-order valence-corrected chi connectivity index (χ4v) is 3.01. The van der Waals surface area contributed by atoms with Crippen LogP contribution in [0.4, 0.5) is 5.69 Å². The lowest BCUT2D eigenvalue weighted by Gasteiger charge is -2.09. The number of nitrogens with zero attached hydrogens (tertiary/aromatic N) is 1. The van der Waals surface area contributed by atoms with Crippen LogP contribution in [0.15, 0.2) is 72.9 Å². The van der Waals surface area contributed by atoms with Gasteiger partial charge in [-0.05, 0) is 61.5 Å². The Labute approximate surface area is 186 Å². The van der Waals surface area contributed by atoms with E-state index in [0.29, 0.717) is 35.7 Å². The number of aromatic nitrogens is 1. The third-order valence-electron chi connectivity index (χ3n) is 4.63. The maximum Gasteiger partial charge on any atom is 0.251 e. The molecule has 1 aromatic heterocycles. The number of amides is 2. The van der Waals surface area contributed by atoms with E-state index < -0.39 is 0 Å². The first-order chi connectivity index (χ1) is 15.5. The minimum atomic E-state index is -0.296. The van der Waals surface area contributed by atoms with Crippen molar-refractivity contribution >= 4 is 23.3 Å². The molecule has 3 rings (SSSR count). The fourth-order valence-electron chi connectivity index (χ4n) is 3.01. The third kappa shape index (κ3) is 6.77. The van der Waals surface area contributed by atoms with Crippen molar-refractivity contribution in [2.45, 2.75) is 26.3 Å². The Kier molecular flexibility index (Phi) is 8.09. The molecule has 1 heterocycles. The van der Waals surface area contributed by atoms with Crippen LogP contribution in [0.1, 0.15) is 46.2 Å². The molecule has 0 spiro atoms. The zero-order chi connectivity index (χ0) is 22.8. The van der Waals surface area contributed by atoms with E-state index in [4.69, 9.17) is 4.74 Å². The summed E-state index contributed by atoms with van der Waals surface area (Å²) in [6, 6.07) is 19.0. The van der Waals surface area contributed by atoms with Gasteiger partial charge in [-0.2, -0.15) is 0 Å². The average Bonchev–Trinajstić information content (AvgIpc) is 2.82. The van der Waals surface area contributed by atoms with E-state index in [1.165, 1.54) is 0 Å². The number of carbonyl (C=O) groups is 3. The van der Waals surface area contributed by atoms with E-state index >= 15 is 0 Å². The van der Waals surface area contributed by atoms with E-state index in [1.807, 2.05) is 25.1 Å². The van der Waals surface area contributed by atoms with Crippen molar-refractivity contribution in [1.82, 2.24) is 10.3 Å². The lowest BCUT2D eigenvalue weighted by molar-refractivity contribution is -0.116. The molecule has 0 atom stereocenters. The van der Waals surface area contributed by atoms with Gasteiger partial charge in [0.2, 0.25) is 5.91 Å². The van der Waals surface area contributed by atoms with Crippen LogP contribution in [0.3, 0.4) is 0 Å². The number of carbonyl (C=O) groups excluding carboxylic acids is 3. The molecule has 2 amide bonds. The predicted molar refractivity (Wildman–Crippen MR) is 122 cm³/mol. The minimum Gasteiger partial charge on any atom is -0.494 e. The average molecular weight is 431 g/mol. The van der Waals surface area contributed by atoms with Crippen molar-refractivity contribution in [1.29, 1.82) is 0 Å². The topological polar surface area (TPSA) is 97.4 Å². The van der Waals surface area contributed by atoms with Gasteiger partial charge in [-0.1, -0.05) is 12.1 Å². The summed E-state index contributed by atoms with van der Waals surface area (Å²) in [5.74, 6) is 0.0179. The number of Topliss-reactive ketones (excluding diaryl/α,β-unsaturated/α-hetero) is 1. The predicted octanol–water partition coefficient (Wildman–Crippen LogP) is 4.01. The van der Waals surface area contributed by atoms with Crippen LogP contribution >= 0.6 is 0 Å². The van der Waals surface area contributed by atoms with Gasteiger partial charge in [-0.25, -0.2) is 0 Å². The molecule has 32 heavy (non-hydrogen) atoms. The lowest BCUT2D eigenvalue weighted by atomic mass is 10.1. The zero-order valence-corrected chi connectivity index (χ0v) is 17.8. The molecule has 7 heteroatoms. The molecule has 164 valence electrons. The highest BCUT2D eigenvalue weighted by atomic mass is 16.5. The number of ketones is 1. The maximum absolute atomic E-state index is 12.4. The Morgan fingerprint density at radius 1 is 0.906 bits per heavy atom. The second kappa shape index (κ2) is 11.4. The lowest BCUT2D eigenvalue weighted by Crippen LogP contribution is -2.23. The number of hydrogen-bond acceptors (Lipinski definition) is 5. The zero-order valence-electron chi connectivity index (χ0n) is 17.8. The molecular weight excluding hydrogens is 406 g/mol. The number of benzene rings is 2. The van der Waals surface area contributed by atoms with E-state index in [0.717, 1.165) is 5.69 Å². The van der Waals surface area contributed by atoms with Crippen molar-refractivity contribution in [2.75, 3.05) is 11.9 Å². The number of anilines is 1. The smallest absolute Gasteiger partial charge is 0.251 e. The second-order valence-electron chi connectivity index (χ2n) is 7.01. The van der Waals surface area contributed by atoms with Crippen LogP contribution in [-0.2, 0) is 11.3 Å². The summed E-state index contributed by atoms with van der Waals surface area (Å²) in [5.41, 5.74) is 2.20. The largest absolute Gasteiger partial charge is 0.494 e. The number of nitrogens with one attached hydrogen (secondary N) is 2. The van der Waals surface area contributed by atoms with Crippen molar-refractivity contribution in [3.63, 3.8) is 0 Å². The van der Waals surface area contributed by atoms with Crippen molar-refractivity contribution in [3.05, 3.63) is 89.7 Å². The van der Waals surface area contributed by atoms with E-state index in [-0.39, 0.29) is 30.4 Å². The first kappa shape index (κ1) is 22.7. The molecule has 0 saturated carbocycles. The Morgan fingerprint density at radius 3 is 2.44 bits per heavy atom. The Morgan fingerprint density at radius 2 is 1.72 bits per heavy atom. The van der Waals surface area contributed by atoms with Crippen LogP contribution in [0.5, 0.6) is 5.75 Å². The summed E-state index contributed by atoms with van der Waals surface area (Å²) in [7, 11) is 0. The van der Waals surface area contributed by atoms with Crippen LogP contribution in [0.25, 0.3) is 0 Å². The fraction of sp³-hybridized carbons (Fsp3) is 0.200. The molecular formula is C25H25N3O4. The third-order valence-corrected chi connectivity index (χ3v) is 4.63. The highest BCUT2D eigenvalue weighted by Gasteiger charge is 2.11. The van der Waals surface area contributed by atoms with Crippen LogP contribution in [0.2, 0.25) is 0 Å². The molecule has 3 aromatic rings. The summed E-state index contributed by atoms with van der Waals surface area (Å²) < 4.78 is 5.36. The molecule has 0 unspecified atom stereocenters. The number of rotatable bonds is 10. The molecule has 7 nitrogen and oxygen atoms in total. The van der Waals surface area contributed by atoms with Gasteiger partial charge in [-0.15, -0.1) is 0 Å². The van der Waals surface area contributed by atoms with E-state index in [9.17, 15) is 14.4 Å². The Balaban J connectivity index is 1.49. The molecule has 0 aliphatic rings. The summed E-state index contributed by atoms with van der Waals surface area (Å²) in [6.45, 7) is 2.76. The maximum atomic E-state index is 12.4. The van der Waals surface area contributed by atoms with Crippen molar-refractivity contribution in [3.8, 4) is 5.75 Å². The van der Waals surface area contributed by atoms with Gasteiger partial charge in [0.15, 0.2) is 5.78 Å². The molecule has 2 aromatic carbocycles. The van der Waals surface area contributed by atoms with Crippen LogP contribution < -0.4 is 15.4 Å². The molecule has 0 fully saturated rings. The number of pyridine rings is 1. The first-order valence-corrected chi connectivity index (χ1v) is 10.4. The highest BCUT2D eigenvalue weighted by molar-refractivity contribution is 6.01. The van der Waals surface area contributed by atoms with Gasteiger partial charge >= 0.3 is 0 Å². The summed E-state index contributed by atoms with van der Waals surface area (Å²) in [4.78, 5) is 41.2. The number of ether oxygens (including phenoxy) is 1. The Bertz CT molecular complexity index is 1070. The number of hydrogen-bond donors (Lipinski definition) is 2. The van der Waals surface area contributed by atoms with E-state index in [2.05, 4.69) is 15.6 Å². The quantitative estimate of drug-likeness (QED) is 0.473. The van der Waals surface area contributed by atoms with Crippen molar-refractivity contribution in [2.24, 2.45) is 0 Å². The Hall–Kier alpha value is -4.00. The molecule has 0 radical (unpaired) electrons. The van der Waals surface area contributed by atoms with Gasteiger partial charge in [0.1, 0.15) is 5.75 Å². The van der Waals surface area contributed by atoms with Gasteiger partial charge < -0.3 is 15.4 Å². The van der Waals surface area contributed by atoms with Gasteiger partial charge in [0.05, 0.1) is 18.8 Å². The molecule has 2 N–H and O–H groups in total. The standard InChI is InChI=1S/C25H25N3O4/c1-2-32-22-11-9-18(10-12-22)23(29)13-14-24(30)28-20-8-5-6-19(16-20)25(31)27-17-21-7-3-4-15-26-21/h3-12,15-16H,2,13-14,17H2,1H3,(H,27,31)(H,28,30).